The molecule has 0 saturated carbocycles. The molecule has 0 radical (unpaired) electrons. The molecule has 0 aliphatic heterocycles. The van der Waals surface area contributed by atoms with Gasteiger partial charge in [0.05, 0.1) is 7.11 Å². The number of rotatable bonds is 3. The lowest BCUT2D eigenvalue weighted by atomic mass is 10.1. The molecule has 20 heavy (non-hydrogen) atoms. The normalized spacial score (nSPS) is 10.7. The second-order valence-electron chi connectivity index (χ2n) is 4.65. The summed E-state index contributed by atoms with van der Waals surface area (Å²) in [6, 6.07) is 15.1. The summed E-state index contributed by atoms with van der Waals surface area (Å²) >= 11 is 0. The van der Waals surface area contributed by atoms with Crippen LogP contribution in [0.5, 0.6) is 5.75 Å². The maximum absolute atomic E-state index is 11.4. The third-order valence-electron chi connectivity index (χ3n) is 3.28. The summed E-state index contributed by atoms with van der Waals surface area (Å²) in [5, 5.41) is 0.979. The van der Waals surface area contributed by atoms with Gasteiger partial charge in [-0.05, 0) is 37.3 Å². The minimum Gasteiger partial charge on any atom is -0.497 e. The van der Waals surface area contributed by atoms with E-state index in [9.17, 15) is 4.79 Å². The van der Waals surface area contributed by atoms with Crippen LogP contribution in [0.1, 0.15) is 17.3 Å². The molecule has 1 heterocycles. The molecule has 3 heteroatoms. The van der Waals surface area contributed by atoms with E-state index in [0.29, 0.717) is 5.56 Å². The largest absolute Gasteiger partial charge is 0.497 e. The van der Waals surface area contributed by atoms with Gasteiger partial charge >= 0.3 is 0 Å². The molecule has 0 aliphatic rings. The fourth-order valence-corrected chi connectivity index (χ4v) is 2.18. The number of hydrogen-bond donors (Lipinski definition) is 0. The molecule has 0 saturated heterocycles. The Hall–Kier alpha value is -2.55. The molecule has 0 N–H and O–H groups in total. The first kappa shape index (κ1) is 12.5. The van der Waals surface area contributed by atoms with Crippen molar-refractivity contribution in [3.05, 3.63) is 54.1 Å². The van der Waals surface area contributed by atoms with Gasteiger partial charge in [0.2, 0.25) is 0 Å². The van der Waals surface area contributed by atoms with E-state index < -0.39 is 0 Å². The van der Waals surface area contributed by atoms with E-state index >= 15 is 0 Å². The standard InChI is InChI=1S/C17H14O3/c1-11(18)12-4-3-5-13(8-12)17-10-14-9-15(19-2)6-7-16(14)20-17/h3-10H,1-2H3. The van der Waals surface area contributed by atoms with Gasteiger partial charge in [-0.2, -0.15) is 0 Å². The Bertz CT molecular complexity index is 784. The highest BCUT2D eigenvalue weighted by Crippen LogP contribution is 2.30. The molecule has 3 aromatic rings. The van der Waals surface area contributed by atoms with Gasteiger partial charge in [0.15, 0.2) is 5.78 Å². The highest BCUT2D eigenvalue weighted by atomic mass is 16.5. The van der Waals surface area contributed by atoms with Gasteiger partial charge in [0.1, 0.15) is 17.1 Å². The summed E-state index contributed by atoms with van der Waals surface area (Å²) in [7, 11) is 1.64. The van der Waals surface area contributed by atoms with Crippen molar-refractivity contribution < 1.29 is 13.9 Å². The number of furan rings is 1. The molecule has 0 aliphatic carbocycles. The number of methoxy groups -OCH3 is 1. The molecule has 0 amide bonds. The van der Waals surface area contributed by atoms with Crippen LogP contribution in [0, 0.1) is 0 Å². The van der Waals surface area contributed by atoms with Crippen LogP contribution in [-0.2, 0) is 0 Å². The summed E-state index contributed by atoms with van der Waals surface area (Å²) in [4.78, 5) is 11.4. The van der Waals surface area contributed by atoms with Crippen LogP contribution >= 0.6 is 0 Å². The fraction of sp³-hybridized carbons (Fsp3) is 0.118. The van der Waals surface area contributed by atoms with E-state index in [1.165, 1.54) is 0 Å². The SMILES string of the molecule is COc1ccc2oc(-c3cccc(C(C)=O)c3)cc2c1. The van der Waals surface area contributed by atoms with E-state index in [2.05, 4.69) is 0 Å². The quantitative estimate of drug-likeness (QED) is 0.663. The second kappa shape index (κ2) is 4.85. The summed E-state index contributed by atoms with van der Waals surface area (Å²) < 4.78 is 11.0. The maximum Gasteiger partial charge on any atom is 0.159 e. The average molecular weight is 266 g/mol. The van der Waals surface area contributed by atoms with Gasteiger partial charge < -0.3 is 9.15 Å². The minimum atomic E-state index is 0.0460. The van der Waals surface area contributed by atoms with Crippen LogP contribution in [-0.4, -0.2) is 12.9 Å². The molecule has 0 bridgehead atoms. The van der Waals surface area contributed by atoms with E-state index in [1.54, 1.807) is 20.1 Å². The number of carbonyl (C=O) groups excluding carboxylic acids is 1. The zero-order valence-corrected chi connectivity index (χ0v) is 11.3. The third kappa shape index (κ3) is 2.18. The lowest BCUT2D eigenvalue weighted by Gasteiger charge is -1.99. The van der Waals surface area contributed by atoms with Crippen molar-refractivity contribution in [3.63, 3.8) is 0 Å². The molecule has 100 valence electrons. The molecular weight excluding hydrogens is 252 g/mol. The Morgan fingerprint density at radius 2 is 1.95 bits per heavy atom. The lowest BCUT2D eigenvalue weighted by molar-refractivity contribution is 0.101. The molecule has 0 unspecified atom stereocenters. The highest BCUT2D eigenvalue weighted by molar-refractivity contribution is 5.95. The van der Waals surface area contributed by atoms with Gasteiger partial charge in [0.25, 0.3) is 0 Å². The van der Waals surface area contributed by atoms with Crippen molar-refractivity contribution >= 4 is 16.8 Å². The fourth-order valence-electron chi connectivity index (χ4n) is 2.18. The van der Waals surface area contributed by atoms with Crippen LogP contribution in [0.4, 0.5) is 0 Å². The van der Waals surface area contributed by atoms with E-state index in [4.69, 9.17) is 9.15 Å². The number of ether oxygens (including phenoxy) is 1. The Kier molecular flexibility index (Phi) is 3.03. The third-order valence-corrected chi connectivity index (χ3v) is 3.28. The highest BCUT2D eigenvalue weighted by Gasteiger charge is 2.09. The van der Waals surface area contributed by atoms with Crippen LogP contribution in [0.3, 0.4) is 0 Å². The Morgan fingerprint density at radius 3 is 2.70 bits per heavy atom. The number of ketones is 1. The van der Waals surface area contributed by atoms with Gasteiger partial charge in [0, 0.05) is 16.5 Å². The van der Waals surface area contributed by atoms with Crippen molar-refractivity contribution in [3.8, 4) is 17.1 Å². The molecular formula is C17H14O3. The first-order valence-corrected chi connectivity index (χ1v) is 6.36. The average Bonchev–Trinajstić information content (AvgIpc) is 2.90. The summed E-state index contributed by atoms with van der Waals surface area (Å²) in [5.74, 6) is 1.59. The smallest absolute Gasteiger partial charge is 0.159 e. The second-order valence-corrected chi connectivity index (χ2v) is 4.65. The minimum absolute atomic E-state index is 0.0460. The molecule has 0 spiro atoms. The molecule has 1 aromatic heterocycles. The molecule has 2 aromatic carbocycles. The number of benzene rings is 2. The Balaban J connectivity index is 2.10. The predicted molar refractivity (Wildman–Crippen MR) is 78.2 cm³/mol. The number of Topliss-reactive ketones (excluding diaryl/α,β-unsaturated/α-hetero) is 1. The summed E-state index contributed by atoms with van der Waals surface area (Å²) in [6.45, 7) is 1.56. The van der Waals surface area contributed by atoms with Crippen LogP contribution in [0.15, 0.2) is 52.9 Å². The van der Waals surface area contributed by atoms with Crippen LogP contribution < -0.4 is 4.74 Å². The van der Waals surface area contributed by atoms with Crippen LogP contribution in [0.25, 0.3) is 22.3 Å². The number of fused-ring (bicyclic) bond motifs is 1. The lowest BCUT2D eigenvalue weighted by Crippen LogP contribution is -1.91. The van der Waals surface area contributed by atoms with E-state index in [1.807, 2.05) is 42.5 Å². The predicted octanol–water partition coefficient (Wildman–Crippen LogP) is 4.31. The van der Waals surface area contributed by atoms with Gasteiger partial charge in [-0.1, -0.05) is 18.2 Å². The number of hydrogen-bond acceptors (Lipinski definition) is 3. The Morgan fingerprint density at radius 1 is 1.10 bits per heavy atom. The number of carbonyl (C=O) groups is 1. The first-order chi connectivity index (χ1) is 9.67. The summed E-state index contributed by atoms with van der Waals surface area (Å²) in [5.41, 5.74) is 2.38. The van der Waals surface area contributed by atoms with Crippen molar-refractivity contribution in [1.82, 2.24) is 0 Å². The monoisotopic (exact) mass is 266 g/mol. The van der Waals surface area contributed by atoms with Crippen LogP contribution in [0.2, 0.25) is 0 Å². The molecule has 3 nitrogen and oxygen atoms in total. The van der Waals surface area contributed by atoms with E-state index in [-0.39, 0.29) is 5.78 Å². The van der Waals surface area contributed by atoms with E-state index in [0.717, 1.165) is 28.0 Å². The van der Waals surface area contributed by atoms with Crippen molar-refractivity contribution in [1.29, 1.82) is 0 Å². The molecule has 3 rings (SSSR count). The maximum atomic E-state index is 11.4. The van der Waals surface area contributed by atoms with Crippen molar-refractivity contribution in [2.24, 2.45) is 0 Å². The first-order valence-electron chi connectivity index (χ1n) is 6.36. The van der Waals surface area contributed by atoms with Crippen molar-refractivity contribution in [2.45, 2.75) is 6.92 Å². The summed E-state index contributed by atoms with van der Waals surface area (Å²) in [6.07, 6.45) is 0. The zero-order chi connectivity index (χ0) is 14.1. The van der Waals surface area contributed by atoms with Gasteiger partial charge in [-0.3, -0.25) is 4.79 Å². The topological polar surface area (TPSA) is 39.4 Å². The molecule has 0 atom stereocenters. The Labute approximate surface area is 116 Å². The van der Waals surface area contributed by atoms with Gasteiger partial charge in [-0.15, -0.1) is 0 Å². The van der Waals surface area contributed by atoms with Crippen molar-refractivity contribution in [2.75, 3.05) is 7.11 Å². The van der Waals surface area contributed by atoms with Gasteiger partial charge in [-0.25, -0.2) is 0 Å². The zero-order valence-electron chi connectivity index (χ0n) is 11.3. The molecule has 0 fully saturated rings.